The van der Waals surface area contributed by atoms with Crippen LogP contribution in [0.25, 0.3) is 0 Å². The van der Waals surface area contributed by atoms with E-state index in [0.29, 0.717) is 13.0 Å². The Morgan fingerprint density at radius 1 is 1.53 bits per heavy atom. The molecule has 2 aliphatic rings. The van der Waals surface area contributed by atoms with Crippen LogP contribution in [-0.4, -0.2) is 49.1 Å². The van der Waals surface area contributed by atoms with E-state index in [2.05, 4.69) is 0 Å². The van der Waals surface area contributed by atoms with E-state index in [0.717, 1.165) is 12.1 Å². The van der Waals surface area contributed by atoms with Crippen molar-refractivity contribution in [3.05, 3.63) is 16.8 Å². The average molecular weight is 280 g/mol. The van der Waals surface area contributed by atoms with Crippen LogP contribution in [-0.2, 0) is 14.3 Å². The fraction of sp³-hybridized carbons (Fsp3) is 0.538. The molecule has 0 saturated carbocycles. The Morgan fingerprint density at radius 2 is 2.37 bits per heavy atom. The molecule has 0 bridgehead atoms. The molecule has 0 aliphatic carbocycles. The standard InChI is InChI=1S/C13H16N2O3S/c1-18-7-13(17)14-4-2-10-11(14)6-12(16)15(10)9-3-5-19-8-9/h3,5,8,10-11H,2,4,6-7H2,1H3/t10-,11+/m1/s1. The third-order valence-corrected chi connectivity index (χ3v) is 4.54. The molecule has 0 aromatic carbocycles. The number of hydrogen-bond donors (Lipinski definition) is 0. The Bertz CT molecular complexity index is 488. The van der Waals surface area contributed by atoms with Gasteiger partial charge in [-0.1, -0.05) is 0 Å². The lowest BCUT2D eigenvalue weighted by molar-refractivity contribution is -0.136. The summed E-state index contributed by atoms with van der Waals surface area (Å²) in [5, 5.41) is 3.96. The molecule has 0 N–H and O–H groups in total. The lowest BCUT2D eigenvalue weighted by atomic mass is 10.1. The zero-order valence-corrected chi connectivity index (χ0v) is 11.6. The molecule has 102 valence electrons. The van der Waals surface area contributed by atoms with Gasteiger partial charge in [0.1, 0.15) is 6.61 Å². The van der Waals surface area contributed by atoms with Gasteiger partial charge >= 0.3 is 0 Å². The lowest BCUT2D eigenvalue weighted by Crippen LogP contribution is -2.41. The highest BCUT2D eigenvalue weighted by molar-refractivity contribution is 7.08. The van der Waals surface area contributed by atoms with E-state index in [9.17, 15) is 9.59 Å². The van der Waals surface area contributed by atoms with Crippen LogP contribution < -0.4 is 4.90 Å². The van der Waals surface area contributed by atoms with Crippen molar-refractivity contribution in [1.29, 1.82) is 0 Å². The van der Waals surface area contributed by atoms with Crippen LogP contribution in [0.2, 0.25) is 0 Å². The van der Waals surface area contributed by atoms with Crippen LogP contribution in [0.1, 0.15) is 12.8 Å². The van der Waals surface area contributed by atoms with Gasteiger partial charge in [-0.3, -0.25) is 9.59 Å². The van der Waals surface area contributed by atoms with Crippen molar-refractivity contribution in [1.82, 2.24) is 4.90 Å². The molecule has 0 radical (unpaired) electrons. The highest BCUT2D eigenvalue weighted by Crippen LogP contribution is 2.36. The van der Waals surface area contributed by atoms with E-state index >= 15 is 0 Å². The topological polar surface area (TPSA) is 49.9 Å². The number of thiophene rings is 1. The molecule has 3 heterocycles. The van der Waals surface area contributed by atoms with Gasteiger partial charge in [-0.2, -0.15) is 11.3 Å². The summed E-state index contributed by atoms with van der Waals surface area (Å²) in [5.74, 6) is 0.0956. The number of hydrogen-bond acceptors (Lipinski definition) is 4. The number of carbonyl (C=O) groups is 2. The number of ether oxygens (including phenoxy) is 1. The van der Waals surface area contributed by atoms with Crippen LogP contribution in [0.5, 0.6) is 0 Å². The predicted molar refractivity (Wildman–Crippen MR) is 72.2 cm³/mol. The third kappa shape index (κ3) is 2.04. The van der Waals surface area contributed by atoms with Crippen LogP contribution in [0.15, 0.2) is 16.8 Å². The number of carbonyl (C=O) groups excluding carboxylic acids is 2. The van der Waals surface area contributed by atoms with Gasteiger partial charge in [0, 0.05) is 25.5 Å². The quantitative estimate of drug-likeness (QED) is 0.833. The molecule has 2 aliphatic heterocycles. The van der Waals surface area contributed by atoms with Gasteiger partial charge in [-0.25, -0.2) is 0 Å². The van der Waals surface area contributed by atoms with E-state index in [-0.39, 0.29) is 30.5 Å². The van der Waals surface area contributed by atoms with Crippen LogP contribution in [0, 0.1) is 0 Å². The molecule has 2 atom stereocenters. The molecule has 2 saturated heterocycles. The molecular formula is C13H16N2O3S. The van der Waals surface area contributed by atoms with Crippen molar-refractivity contribution in [3.63, 3.8) is 0 Å². The van der Waals surface area contributed by atoms with Crippen LogP contribution in [0.4, 0.5) is 5.69 Å². The van der Waals surface area contributed by atoms with Crippen molar-refractivity contribution in [3.8, 4) is 0 Å². The Kier molecular flexibility index (Phi) is 3.28. The monoisotopic (exact) mass is 280 g/mol. The van der Waals surface area contributed by atoms with Crippen molar-refractivity contribution in [2.45, 2.75) is 24.9 Å². The normalized spacial score (nSPS) is 26.1. The summed E-state index contributed by atoms with van der Waals surface area (Å²) < 4.78 is 4.90. The van der Waals surface area contributed by atoms with Gasteiger partial charge in [0.15, 0.2) is 0 Å². The number of likely N-dealkylation sites (tertiary alicyclic amines) is 1. The first-order valence-corrected chi connectivity index (χ1v) is 7.29. The molecule has 2 fully saturated rings. The average Bonchev–Trinajstić information content (AvgIpc) is 3.04. The van der Waals surface area contributed by atoms with Gasteiger partial charge in [0.05, 0.1) is 17.8 Å². The molecule has 19 heavy (non-hydrogen) atoms. The van der Waals surface area contributed by atoms with E-state index in [1.807, 2.05) is 21.7 Å². The largest absolute Gasteiger partial charge is 0.375 e. The zero-order chi connectivity index (χ0) is 13.4. The van der Waals surface area contributed by atoms with Crippen molar-refractivity contribution in [2.24, 2.45) is 0 Å². The fourth-order valence-corrected chi connectivity index (χ4v) is 3.72. The minimum atomic E-state index is -0.0185. The minimum absolute atomic E-state index is 0.00931. The summed E-state index contributed by atoms with van der Waals surface area (Å²) in [7, 11) is 1.52. The van der Waals surface area contributed by atoms with Gasteiger partial charge in [0.2, 0.25) is 11.8 Å². The highest BCUT2D eigenvalue weighted by atomic mass is 32.1. The number of methoxy groups -OCH3 is 1. The van der Waals surface area contributed by atoms with E-state index in [1.165, 1.54) is 7.11 Å². The summed E-state index contributed by atoms with van der Waals surface area (Å²) in [5.41, 5.74) is 0.962. The molecule has 0 unspecified atom stereocenters. The highest BCUT2D eigenvalue weighted by Gasteiger charge is 2.48. The number of nitrogens with zero attached hydrogens (tertiary/aromatic N) is 2. The molecule has 5 nitrogen and oxygen atoms in total. The first-order chi connectivity index (χ1) is 9.22. The lowest BCUT2D eigenvalue weighted by Gasteiger charge is -2.24. The van der Waals surface area contributed by atoms with E-state index in [4.69, 9.17) is 4.74 Å². The van der Waals surface area contributed by atoms with E-state index in [1.54, 1.807) is 16.2 Å². The van der Waals surface area contributed by atoms with Gasteiger partial charge in [-0.15, -0.1) is 0 Å². The molecular weight excluding hydrogens is 264 g/mol. The summed E-state index contributed by atoms with van der Waals surface area (Å²) in [6, 6.07) is 2.10. The van der Waals surface area contributed by atoms with Gasteiger partial charge in [-0.05, 0) is 17.9 Å². The Balaban J connectivity index is 1.80. The van der Waals surface area contributed by atoms with Gasteiger partial charge in [0.25, 0.3) is 0 Å². The summed E-state index contributed by atoms with van der Waals surface area (Å²) in [6.07, 6.45) is 1.28. The smallest absolute Gasteiger partial charge is 0.248 e. The Morgan fingerprint density at radius 3 is 3.05 bits per heavy atom. The molecule has 1 aromatic heterocycles. The van der Waals surface area contributed by atoms with Crippen LogP contribution in [0.3, 0.4) is 0 Å². The molecule has 2 amide bonds. The number of fused-ring (bicyclic) bond motifs is 1. The number of anilines is 1. The molecule has 1 aromatic rings. The zero-order valence-electron chi connectivity index (χ0n) is 10.7. The second-order valence-corrected chi connectivity index (χ2v) is 5.67. The molecule has 6 heteroatoms. The summed E-state index contributed by atoms with van der Waals surface area (Å²) in [6.45, 7) is 0.807. The van der Waals surface area contributed by atoms with E-state index < -0.39 is 0 Å². The van der Waals surface area contributed by atoms with Crippen molar-refractivity contribution in [2.75, 3.05) is 25.2 Å². The number of rotatable bonds is 3. The second kappa shape index (κ2) is 4.94. The molecule has 3 rings (SSSR count). The number of amides is 2. The minimum Gasteiger partial charge on any atom is -0.375 e. The molecule has 0 spiro atoms. The Hall–Kier alpha value is -1.40. The third-order valence-electron chi connectivity index (χ3n) is 3.87. The van der Waals surface area contributed by atoms with Crippen LogP contribution >= 0.6 is 11.3 Å². The van der Waals surface area contributed by atoms with Crippen molar-refractivity contribution >= 4 is 28.8 Å². The maximum atomic E-state index is 12.2. The second-order valence-electron chi connectivity index (χ2n) is 4.89. The summed E-state index contributed by atoms with van der Waals surface area (Å²) >= 11 is 1.58. The predicted octanol–water partition coefficient (Wildman–Crippen LogP) is 1.10. The van der Waals surface area contributed by atoms with Gasteiger partial charge < -0.3 is 14.5 Å². The maximum absolute atomic E-state index is 12.2. The fourth-order valence-electron chi connectivity index (χ4n) is 3.09. The van der Waals surface area contributed by atoms with Crippen molar-refractivity contribution < 1.29 is 14.3 Å². The first kappa shape index (κ1) is 12.6. The SMILES string of the molecule is COCC(=O)N1CC[C@@H]2[C@@H]1CC(=O)N2c1ccsc1. The first-order valence-electron chi connectivity index (χ1n) is 6.35. The Labute approximate surface area is 115 Å². The summed E-state index contributed by atoms with van der Waals surface area (Å²) in [4.78, 5) is 27.8. The maximum Gasteiger partial charge on any atom is 0.248 e.